The molecule has 0 bridgehead atoms. The molecule has 19 heavy (non-hydrogen) atoms. The van der Waals surface area contributed by atoms with Crippen molar-refractivity contribution in [3.63, 3.8) is 0 Å². The lowest BCUT2D eigenvalue weighted by atomic mass is 10.1. The fourth-order valence-electron chi connectivity index (χ4n) is 2.12. The van der Waals surface area contributed by atoms with E-state index >= 15 is 0 Å². The largest absolute Gasteiger partial charge is 0.492 e. The van der Waals surface area contributed by atoms with E-state index in [0.29, 0.717) is 5.92 Å². The Morgan fingerprint density at radius 2 is 2.05 bits per heavy atom. The number of ether oxygens (including phenoxy) is 1. The van der Waals surface area contributed by atoms with Gasteiger partial charge >= 0.3 is 0 Å². The number of nitrogens with one attached hydrogen (secondary N) is 1. The molecule has 1 saturated carbocycles. The van der Waals surface area contributed by atoms with Gasteiger partial charge in [0.05, 0.1) is 11.1 Å². The van der Waals surface area contributed by atoms with Crippen molar-refractivity contribution in [2.45, 2.75) is 52.1 Å². The lowest BCUT2D eigenvalue weighted by Crippen LogP contribution is -2.17. The van der Waals surface area contributed by atoms with Gasteiger partial charge in [0.15, 0.2) is 0 Å². The topological polar surface area (TPSA) is 21.3 Å². The predicted octanol–water partition coefficient (Wildman–Crippen LogP) is 4.52. The van der Waals surface area contributed by atoms with Gasteiger partial charge < -0.3 is 10.1 Å². The molecule has 0 saturated heterocycles. The highest BCUT2D eigenvalue weighted by molar-refractivity contribution is 9.10. The highest BCUT2D eigenvalue weighted by Crippen LogP contribution is 2.30. The third kappa shape index (κ3) is 4.50. The molecule has 0 amide bonds. The van der Waals surface area contributed by atoms with E-state index in [4.69, 9.17) is 4.74 Å². The summed E-state index contributed by atoms with van der Waals surface area (Å²) < 4.78 is 7.14. The van der Waals surface area contributed by atoms with E-state index in [1.807, 2.05) is 0 Å². The van der Waals surface area contributed by atoms with E-state index in [0.717, 1.165) is 29.4 Å². The molecular weight excluding hydrogens is 302 g/mol. The maximum absolute atomic E-state index is 6.08. The molecule has 1 aromatic carbocycles. The summed E-state index contributed by atoms with van der Waals surface area (Å²) in [6, 6.07) is 7.02. The third-order valence-corrected chi connectivity index (χ3v) is 4.45. The van der Waals surface area contributed by atoms with Crippen LogP contribution in [0.25, 0.3) is 0 Å². The quantitative estimate of drug-likeness (QED) is 0.758. The van der Waals surface area contributed by atoms with Crippen LogP contribution >= 0.6 is 15.9 Å². The van der Waals surface area contributed by atoms with Crippen LogP contribution in [0.15, 0.2) is 22.7 Å². The van der Waals surface area contributed by atoms with Crippen molar-refractivity contribution >= 4 is 15.9 Å². The Morgan fingerprint density at radius 3 is 2.68 bits per heavy atom. The summed E-state index contributed by atoms with van der Waals surface area (Å²) >= 11 is 3.61. The van der Waals surface area contributed by atoms with Crippen LogP contribution in [0.1, 0.15) is 45.1 Å². The standard InChI is InChI=1S/C16H24BrNO/c1-3-12(4-2)11-19-16-13(6-5-7-15(16)17)10-18-14-8-9-14/h5-7,12,14,18H,3-4,8-11H2,1-2H3. The monoisotopic (exact) mass is 325 g/mol. The first kappa shape index (κ1) is 14.9. The van der Waals surface area contributed by atoms with Crippen LogP contribution in [-0.2, 0) is 6.54 Å². The van der Waals surface area contributed by atoms with Crippen LogP contribution in [-0.4, -0.2) is 12.6 Å². The predicted molar refractivity (Wildman–Crippen MR) is 83.6 cm³/mol. The molecule has 0 aliphatic heterocycles. The van der Waals surface area contributed by atoms with Gasteiger partial charge in [-0.05, 0) is 40.8 Å². The minimum atomic E-state index is 0.649. The first-order chi connectivity index (χ1) is 9.24. The molecular formula is C16H24BrNO. The molecule has 3 heteroatoms. The van der Waals surface area contributed by atoms with Crippen molar-refractivity contribution < 1.29 is 4.74 Å². The van der Waals surface area contributed by atoms with E-state index in [1.165, 1.54) is 31.2 Å². The zero-order valence-corrected chi connectivity index (χ0v) is 13.5. The molecule has 0 unspecified atom stereocenters. The Kier molecular flexibility index (Phi) is 5.71. The van der Waals surface area contributed by atoms with Crippen LogP contribution in [0, 0.1) is 5.92 Å². The van der Waals surface area contributed by atoms with Gasteiger partial charge in [0.1, 0.15) is 5.75 Å². The second-order valence-electron chi connectivity index (χ2n) is 5.38. The maximum atomic E-state index is 6.08. The van der Waals surface area contributed by atoms with Gasteiger partial charge in [-0.15, -0.1) is 0 Å². The molecule has 0 heterocycles. The van der Waals surface area contributed by atoms with Crippen molar-refractivity contribution in [1.82, 2.24) is 5.32 Å². The summed E-state index contributed by atoms with van der Waals surface area (Å²) in [6.07, 6.45) is 4.99. The average Bonchev–Trinajstić information content (AvgIpc) is 3.23. The Labute approximate surface area is 125 Å². The molecule has 0 radical (unpaired) electrons. The molecule has 2 rings (SSSR count). The van der Waals surface area contributed by atoms with Crippen LogP contribution in [0.3, 0.4) is 0 Å². The number of hydrogen-bond donors (Lipinski definition) is 1. The normalized spacial score (nSPS) is 14.9. The molecule has 0 spiro atoms. The summed E-state index contributed by atoms with van der Waals surface area (Å²) in [4.78, 5) is 0. The highest BCUT2D eigenvalue weighted by atomic mass is 79.9. The van der Waals surface area contributed by atoms with E-state index in [1.54, 1.807) is 0 Å². The van der Waals surface area contributed by atoms with Gasteiger partial charge in [-0.3, -0.25) is 0 Å². The summed E-state index contributed by atoms with van der Waals surface area (Å²) in [5, 5.41) is 3.56. The highest BCUT2D eigenvalue weighted by Gasteiger charge is 2.21. The second kappa shape index (κ2) is 7.30. The van der Waals surface area contributed by atoms with E-state index in [9.17, 15) is 0 Å². The average molecular weight is 326 g/mol. The number of rotatable bonds is 8. The summed E-state index contributed by atoms with van der Waals surface area (Å²) in [5.41, 5.74) is 1.26. The second-order valence-corrected chi connectivity index (χ2v) is 6.23. The van der Waals surface area contributed by atoms with Gasteiger partial charge in [-0.1, -0.05) is 38.8 Å². The molecule has 2 nitrogen and oxygen atoms in total. The molecule has 1 aliphatic rings. The molecule has 1 N–H and O–H groups in total. The van der Waals surface area contributed by atoms with Crippen LogP contribution in [0.4, 0.5) is 0 Å². The zero-order chi connectivity index (χ0) is 13.7. The van der Waals surface area contributed by atoms with Crippen molar-refractivity contribution in [1.29, 1.82) is 0 Å². The summed E-state index contributed by atoms with van der Waals surface area (Å²) in [5.74, 6) is 1.67. The van der Waals surface area contributed by atoms with Crippen molar-refractivity contribution in [2.75, 3.05) is 6.61 Å². The number of hydrogen-bond acceptors (Lipinski definition) is 2. The fraction of sp³-hybridized carbons (Fsp3) is 0.625. The van der Waals surface area contributed by atoms with Gasteiger partial charge in [0.2, 0.25) is 0 Å². The number of halogens is 1. The first-order valence-corrected chi connectivity index (χ1v) is 8.17. The van der Waals surface area contributed by atoms with Crippen LogP contribution < -0.4 is 10.1 Å². The van der Waals surface area contributed by atoms with Crippen molar-refractivity contribution in [3.05, 3.63) is 28.2 Å². The minimum Gasteiger partial charge on any atom is -0.492 e. The Balaban J connectivity index is 1.99. The lowest BCUT2D eigenvalue weighted by Gasteiger charge is -2.17. The van der Waals surface area contributed by atoms with Crippen molar-refractivity contribution in [3.8, 4) is 5.75 Å². The lowest BCUT2D eigenvalue weighted by molar-refractivity contribution is 0.237. The molecule has 0 atom stereocenters. The first-order valence-electron chi connectivity index (χ1n) is 7.38. The molecule has 1 fully saturated rings. The Morgan fingerprint density at radius 1 is 1.32 bits per heavy atom. The molecule has 0 aromatic heterocycles. The summed E-state index contributed by atoms with van der Waals surface area (Å²) in [6.45, 7) is 6.18. The Hall–Kier alpha value is -0.540. The van der Waals surface area contributed by atoms with Gasteiger partial charge in [0, 0.05) is 18.2 Å². The van der Waals surface area contributed by atoms with E-state index < -0.39 is 0 Å². The molecule has 106 valence electrons. The minimum absolute atomic E-state index is 0.649. The van der Waals surface area contributed by atoms with Gasteiger partial charge in [-0.2, -0.15) is 0 Å². The zero-order valence-electron chi connectivity index (χ0n) is 11.9. The van der Waals surface area contributed by atoms with Gasteiger partial charge in [-0.25, -0.2) is 0 Å². The van der Waals surface area contributed by atoms with E-state index in [2.05, 4.69) is 53.3 Å². The number of benzene rings is 1. The molecule has 1 aromatic rings. The van der Waals surface area contributed by atoms with Crippen molar-refractivity contribution in [2.24, 2.45) is 5.92 Å². The Bertz CT molecular complexity index is 400. The molecule has 1 aliphatic carbocycles. The van der Waals surface area contributed by atoms with Crippen LogP contribution in [0.5, 0.6) is 5.75 Å². The van der Waals surface area contributed by atoms with Gasteiger partial charge in [0.25, 0.3) is 0 Å². The fourth-order valence-corrected chi connectivity index (χ4v) is 2.64. The smallest absolute Gasteiger partial charge is 0.137 e. The maximum Gasteiger partial charge on any atom is 0.137 e. The third-order valence-electron chi connectivity index (χ3n) is 3.83. The summed E-state index contributed by atoms with van der Waals surface area (Å²) in [7, 11) is 0. The number of para-hydroxylation sites is 1. The van der Waals surface area contributed by atoms with Crippen LogP contribution in [0.2, 0.25) is 0 Å². The SMILES string of the molecule is CCC(CC)COc1c(Br)cccc1CNC1CC1. The van der Waals surface area contributed by atoms with E-state index in [-0.39, 0.29) is 0 Å².